The molecule has 2 saturated heterocycles. The molecular formula is C30H28ClN7. The molecule has 5 aromatic rings. The second-order valence-corrected chi connectivity index (χ2v) is 11.2. The third-order valence-electron chi connectivity index (χ3n) is 8.47. The van der Waals surface area contributed by atoms with Crippen molar-refractivity contribution in [3.8, 4) is 22.6 Å². The first-order chi connectivity index (χ1) is 18.7. The van der Waals surface area contributed by atoms with Crippen LogP contribution in [0, 0.1) is 0 Å². The lowest BCUT2D eigenvalue weighted by atomic mass is 9.99. The van der Waals surface area contributed by atoms with Gasteiger partial charge < -0.3 is 15.2 Å². The van der Waals surface area contributed by atoms with Crippen LogP contribution in [0.3, 0.4) is 0 Å². The molecule has 4 aromatic heterocycles. The number of aromatic nitrogens is 5. The smallest absolute Gasteiger partial charge is 0.163 e. The zero-order chi connectivity index (χ0) is 25.2. The maximum absolute atomic E-state index is 6.52. The van der Waals surface area contributed by atoms with Crippen LogP contribution in [0.2, 0.25) is 5.02 Å². The molecule has 2 atom stereocenters. The molecule has 2 unspecified atom stereocenters. The Morgan fingerprint density at radius 1 is 0.974 bits per heavy atom. The van der Waals surface area contributed by atoms with Crippen molar-refractivity contribution < 1.29 is 0 Å². The molecule has 190 valence electrons. The van der Waals surface area contributed by atoms with E-state index >= 15 is 0 Å². The topological polar surface area (TPSA) is 82.6 Å². The van der Waals surface area contributed by atoms with Gasteiger partial charge in [-0.2, -0.15) is 0 Å². The lowest BCUT2D eigenvalue weighted by molar-refractivity contribution is 0.382. The van der Waals surface area contributed by atoms with Gasteiger partial charge in [-0.05, 0) is 68.3 Å². The van der Waals surface area contributed by atoms with E-state index in [1.165, 1.54) is 36.6 Å². The monoisotopic (exact) mass is 521 g/mol. The number of hydrogen-bond donors (Lipinski definition) is 2. The van der Waals surface area contributed by atoms with Gasteiger partial charge in [-0.25, -0.2) is 15.0 Å². The van der Waals surface area contributed by atoms with E-state index in [0.29, 0.717) is 28.8 Å². The fourth-order valence-corrected chi connectivity index (χ4v) is 6.72. The van der Waals surface area contributed by atoms with Gasteiger partial charge >= 0.3 is 0 Å². The standard InChI is InChI=1S/C30H28ClN7/c31-22-5-2-1-4-19(22)24-14-20-18(9-12-34-28(20)35-24)29-36-25-16-32-15-21(17-7-8-17)27(25)30(37-29)38-13-10-23-26(38)6-3-11-33-23/h1-2,4-5,9,12,14-17,23,26,33H,3,6-8,10-11,13H2,(H,34,35). The first-order valence-corrected chi connectivity index (χ1v) is 14.0. The number of rotatable bonds is 4. The van der Waals surface area contributed by atoms with E-state index in [4.69, 9.17) is 21.6 Å². The average molecular weight is 522 g/mol. The van der Waals surface area contributed by atoms with Crippen molar-refractivity contribution in [2.24, 2.45) is 0 Å². The number of nitrogens with one attached hydrogen (secondary N) is 2. The van der Waals surface area contributed by atoms with E-state index in [9.17, 15) is 0 Å². The number of pyridine rings is 2. The van der Waals surface area contributed by atoms with Crippen LogP contribution in [0.1, 0.15) is 43.6 Å². The highest BCUT2D eigenvalue weighted by Gasteiger charge is 2.38. The van der Waals surface area contributed by atoms with Crippen LogP contribution in [-0.4, -0.2) is 50.1 Å². The zero-order valence-corrected chi connectivity index (χ0v) is 21.7. The van der Waals surface area contributed by atoms with Crippen molar-refractivity contribution >= 4 is 39.4 Å². The van der Waals surface area contributed by atoms with Crippen molar-refractivity contribution in [1.82, 2.24) is 30.2 Å². The molecule has 8 heteroatoms. The molecule has 2 N–H and O–H groups in total. The Morgan fingerprint density at radius 2 is 1.89 bits per heavy atom. The van der Waals surface area contributed by atoms with Crippen molar-refractivity contribution in [2.45, 2.75) is 50.1 Å². The van der Waals surface area contributed by atoms with E-state index in [1.54, 1.807) is 0 Å². The molecule has 3 fully saturated rings. The lowest BCUT2D eigenvalue weighted by Gasteiger charge is -2.34. The molecule has 1 saturated carbocycles. The molecule has 1 aliphatic carbocycles. The number of nitrogens with zero attached hydrogens (tertiary/aromatic N) is 5. The van der Waals surface area contributed by atoms with Gasteiger partial charge in [0.15, 0.2) is 5.82 Å². The number of aromatic amines is 1. The van der Waals surface area contributed by atoms with Crippen LogP contribution in [0.5, 0.6) is 0 Å². The van der Waals surface area contributed by atoms with Crippen molar-refractivity contribution in [3.05, 3.63) is 65.6 Å². The number of hydrogen-bond acceptors (Lipinski definition) is 6. The van der Waals surface area contributed by atoms with E-state index < -0.39 is 0 Å². The minimum absolute atomic E-state index is 0.464. The SMILES string of the molecule is Clc1ccccc1-c1cc2c(-c3nc(N4CCC5NCCCC54)c4c(C5CC5)cncc4n3)ccnc2[nH]1. The third-order valence-corrected chi connectivity index (χ3v) is 8.80. The molecule has 0 spiro atoms. The van der Waals surface area contributed by atoms with Gasteiger partial charge in [0.2, 0.25) is 0 Å². The van der Waals surface area contributed by atoms with Gasteiger partial charge in [0.1, 0.15) is 11.5 Å². The molecule has 7 nitrogen and oxygen atoms in total. The van der Waals surface area contributed by atoms with Crippen molar-refractivity contribution in [1.29, 1.82) is 0 Å². The summed E-state index contributed by atoms with van der Waals surface area (Å²) in [4.78, 5) is 25.7. The minimum atomic E-state index is 0.464. The van der Waals surface area contributed by atoms with Crippen LogP contribution in [0.4, 0.5) is 5.82 Å². The van der Waals surface area contributed by atoms with Crippen LogP contribution >= 0.6 is 11.6 Å². The zero-order valence-electron chi connectivity index (χ0n) is 21.0. The Kier molecular flexibility index (Phi) is 5.17. The highest BCUT2D eigenvalue weighted by Crippen LogP contribution is 2.46. The molecular weight excluding hydrogens is 494 g/mol. The summed E-state index contributed by atoms with van der Waals surface area (Å²) in [6, 6.07) is 13.0. The van der Waals surface area contributed by atoms with Crippen LogP contribution in [0.15, 0.2) is 55.0 Å². The number of H-pyrrole nitrogens is 1. The van der Waals surface area contributed by atoms with Crippen LogP contribution < -0.4 is 10.2 Å². The number of anilines is 1. The van der Waals surface area contributed by atoms with E-state index in [0.717, 1.165) is 58.7 Å². The molecule has 3 aliphatic rings. The average Bonchev–Trinajstić information content (AvgIpc) is 3.56. The summed E-state index contributed by atoms with van der Waals surface area (Å²) in [5.41, 5.74) is 5.86. The number of benzene rings is 1. The van der Waals surface area contributed by atoms with Gasteiger partial charge in [-0.1, -0.05) is 29.8 Å². The summed E-state index contributed by atoms with van der Waals surface area (Å²) in [6.45, 7) is 2.12. The first-order valence-electron chi connectivity index (χ1n) is 13.6. The van der Waals surface area contributed by atoms with E-state index in [-0.39, 0.29) is 0 Å². The Morgan fingerprint density at radius 3 is 2.79 bits per heavy atom. The van der Waals surface area contributed by atoms with Gasteiger partial charge in [-0.15, -0.1) is 0 Å². The van der Waals surface area contributed by atoms with Crippen LogP contribution in [-0.2, 0) is 0 Å². The predicted octanol–water partition coefficient (Wildman–Crippen LogP) is 6.10. The van der Waals surface area contributed by atoms with Gasteiger partial charge in [0.05, 0.1) is 11.7 Å². The second-order valence-electron chi connectivity index (χ2n) is 10.8. The number of halogens is 1. The largest absolute Gasteiger partial charge is 0.351 e. The van der Waals surface area contributed by atoms with Crippen molar-refractivity contribution in [2.75, 3.05) is 18.0 Å². The Hall–Kier alpha value is -3.55. The number of piperidine rings is 1. The Labute approximate surface area is 225 Å². The normalized spacial score (nSPS) is 21.3. The highest BCUT2D eigenvalue weighted by molar-refractivity contribution is 6.33. The maximum Gasteiger partial charge on any atom is 0.163 e. The maximum atomic E-state index is 6.52. The first kappa shape index (κ1) is 22.4. The Bertz CT molecular complexity index is 1690. The molecule has 0 bridgehead atoms. The fourth-order valence-electron chi connectivity index (χ4n) is 6.48. The van der Waals surface area contributed by atoms with Gasteiger partial charge in [0.25, 0.3) is 0 Å². The van der Waals surface area contributed by atoms with Gasteiger partial charge in [0, 0.05) is 63.6 Å². The lowest BCUT2D eigenvalue weighted by Crippen LogP contribution is -2.47. The molecule has 8 rings (SSSR count). The Balaban J connectivity index is 1.33. The summed E-state index contributed by atoms with van der Waals surface area (Å²) < 4.78 is 0. The highest BCUT2D eigenvalue weighted by atomic mass is 35.5. The summed E-state index contributed by atoms with van der Waals surface area (Å²) in [7, 11) is 0. The van der Waals surface area contributed by atoms with Crippen LogP contribution in [0.25, 0.3) is 44.6 Å². The minimum Gasteiger partial charge on any atom is -0.351 e. The molecule has 2 aliphatic heterocycles. The molecule has 38 heavy (non-hydrogen) atoms. The predicted molar refractivity (Wildman–Crippen MR) is 152 cm³/mol. The molecule has 6 heterocycles. The molecule has 0 amide bonds. The van der Waals surface area contributed by atoms with Gasteiger partial charge in [-0.3, -0.25) is 4.98 Å². The summed E-state index contributed by atoms with van der Waals surface area (Å²) in [5, 5.41) is 6.63. The molecule has 0 radical (unpaired) electrons. The van der Waals surface area contributed by atoms with E-state index in [2.05, 4.69) is 31.2 Å². The third kappa shape index (κ3) is 3.60. The fraction of sp³-hybridized carbons (Fsp3) is 0.333. The summed E-state index contributed by atoms with van der Waals surface area (Å²) in [5.74, 6) is 2.35. The van der Waals surface area contributed by atoms with E-state index in [1.807, 2.05) is 48.9 Å². The second kappa shape index (κ2) is 8.75. The summed E-state index contributed by atoms with van der Waals surface area (Å²) >= 11 is 6.52. The number of fused-ring (bicyclic) bond motifs is 3. The molecule has 1 aromatic carbocycles. The summed E-state index contributed by atoms with van der Waals surface area (Å²) in [6.07, 6.45) is 11.8. The van der Waals surface area contributed by atoms with Crippen molar-refractivity contribution in [3.63, 3.8) is 0 Å². The quantitative estimate of drug-likeness (QED) is 0.297.